The van der Waals surface area contributed by atoms with E-state index in [1.165, 1.54) is 0 Å². The molecular formula is C23H39N5O4. The third kappa shape index (κ3) is 4.94. The number of amides is 4. The molecule has 4 fully saturated rings. The van der Waals surface area contributed by atoms with Crippen molar-refractivity contribution in [2.45, 2.75) is 83.6 Å². The van der Waals surface area contributed by atoms with Crippen LogP contribution in [0.15, 0.2) is 0 Å². The van der Waals surface area contributed by atoms with Gasteiger partial charge < -0.3 is 15.5 Å². The third-order valence-electron chi connectivity index (χ3n) is 8.25. The van der Waals surface area contributed by atoms with Gasteiger partial charge >= 0.3 is 6.03 Å². The van der Waals surface area contributed by atoms with Gasteiger partial charge in [0.15, 0.2) is 0 Å². The fourth-order valence-electron chi connectivity index (χ4n) is 6.33. The molecule has 4 amide bonds. The van der Waals surface area contributed by atoms with Crippen LogP contribution in [0.4, 0.5) is 4.79 Å². The number of imide groups is 1. The zero-order valence-electron chi connectivity index (χ0n) is 19.7. The Morgan fingerprint density at radius 2 is 1.88 bits per heavy atom. The van der Waals surface area contributed by atoms with Gasteiger partial charge in [-0.3, -0.25) is 19.7 Å². The smallest absolute Gasteiger partial charge is 0.322 e. The quantitative estimate of drug-likeness (QED) is 0.518. The highest BCUT2D eigenvalue weighted by molar-refractivity contribution is 5.95. The van der Waals surface area contributed by atoms with Crippen molar-refractivity contribution < 1.29 is 19.2 Å². The molecule has 32 heavy (non-hydrogen) atoms. The third-order valence-corrected chi connectivity index (χ3v) is 8.25. The molecule has 0 aromatic carbocycles. The molecule has 4 aliphatic rings. The highest BCUT2D eigenvalue weighted by Gasteiger charge is 2.47. The minimum Gasteiger partial charge on any atom is -0.342 e. The van der Waals surface area contributed by atoms with E-state index in [-0.39, 0.29) is 41.8 Å². The van der Waals surface area contributed by atoms with E-state index in [4.69, 9.17) is 4.84 Å². The summed E-state index contributed by atoms with van der Waals surface area (Å²) in [5, 5.41) is 8.82. The molecule has 0 radical (unpaired) electrons. The van der Waals surface area contributed by atoms with Crippen LogP contribution in [0.1, 0.15) is 59.3 Å². The van der Waals surface area contributed by atoms with Gasteiger partial charge in [0, 0.05) is 43.9 Å². The van der Waals surface area contributed by atoms with E-state index in [0.29, 0.717) is 36.8 Å². The van der Waals surface area contributed by atoms with Crippen molar-refractivity contribution in [2.75, 3.05) is 13.6 Å². The Labute approximate surface area is 190 Å². The van der Waals surface area contributed by atoms with Crippen molar-refractivity contribution in [1.29, 1.82) is 0 Å². The van der Waals surface area contributed by atoms with Crippen LogP contribution in [0.3, 0.4) is 0 Å². The van der Waals surface area contributed by atoms with Crippen molar-refractivity contribution in [3.8, 4) is 0 Å². The zero-order valence-corrected chi connectivity index (χ0v) is 19.7. The number of fused-ring (bicyclic) bond motifs is 1. The summed E-state index contributed by atoms with van der Waals surface area (Å²) < 4.78 is 0. The first-order valence-corrected chi connectivity index (χ1v) is 12.3. The summed E-state index contributed by atoms with van der Waals surface area (Å²) in [6, 6.07) is 0.247. The van der Waals surface area contributed by atoms with Gasteiger partial charge in [0.2, 0.25) is 11.8 Å². The number of nitrogens with zero attached hydrogens (tertiary/aromatic N) is 1. The number of carbonyl (C=O) groups is 3. The van der Waals surface area contributed by atoms with Crippen molar-refractivity contribution in [3.63, 3.8) is 0 Å². The molecule has 3 heterocycles. The van der Waals surface area contributed by atoms with E-state index in [0.717, 1.165) is 32.2 Å². The number of hydrogen-bond donors (Lipinski definition) is 4. The van der Waals surface area contributed by atoms with Gasteiger partial charge in [0.05, 0.1) is 6.10 Å². The van der Waals surface area contributed by atoms with Crippen molar-refractivity contribution in [2.24, 2.45) is 29.6 Å². The highest BCUT2D eigenvalue weighted by Crippen LogP contribution is 2.44. The largest absolute Gasteiger partial charge is 0.342 e. The molecule has 9 heteroatoms. The average molecular weight is 450 g/mol. The lowest BCUT2D eigenvalue weighted by molar-refractivity contribution is -0.149. The number of hydroxylamine groups is 1. The normalized spacial score (nSPS) is 42.3. The number of likely N-dealkylation sites (tertiary alicyclic amines) is 1. The molecule has 3 saturated heterocycles. The molecule has 9 nitrogen and oxygen atoms in total. The second kappa shape index (κ2) is 9.65. The van der Waals surface area contributed by atoms with Crippen molar-refractivity contribution >= 4 is 17.8 Å². The summed E-state index contributed by atoms with van der Waals surface area (Å²) in [7, 11) is 1.95. The summed E-state index contributed by atoms with van der Waals surface area (Å²) in [4.78, 5) is 45.7. The maximum absolute atomic E-state index is 13.3. The van der Waals surface area contributed by atoms with Crippen LogP contribution in [-0.2, 0) is 14.4 Å². The molecule has 1 aliphatic carbocycles. The van der Waals surface area contributed by atoms with E-state index in [1.807, 2.05) is 18.9 Å². The summed E-state index contributed by atoms with van der Waals surface area (Å²) in [5.74, 6) is 0.736. The lowest BCUT2D eigenvalue weighted by Crippen LogP contribution is -2.60. The van der Waals surface area contributed by atoms with Crippen LogP contribution in [0, 0.1) is 29.6 Å². The molecule has 3 aliphatic heterocycles. The summed E-state index contributed by atoms with van der Waals surface area (Å²) in [5.41, 5.74) is 2.75. The Kier molecular flexibility index (Phi) is 7.07. The molecule has 0 aromatic rings. The lowest BCUT2D eigenvalue weighted by Gasteiger charge is -2.50. The van der Waals surface area contributed by atoms with Gasteiger partial charge in [-0.25, -0.2) is 4.79 Å². The monoisotopic (exact) mass is 449 g/mol. The van der Waals surface area contributed by atoms with Gasteiger partial charge in [0.1, 0.15) is 6.17 Å². The van der Waals surface area contributed by atoms with Crippen LogP contribution in [0.5, 0.6) is 0 Å². The fourth-order valence-corrected chi connectivity index (χ4v) is 6.33. The molecule has 9 atom stereocenters. The van der Waals surface area contributed by atoms with Crippen LogP contribution >= 0.6 is 0 Å². The molecule has 4 rings (SSSR count). The number of hydrogen-bond acceptors (Lipinski definition) is 6. The SMILES string of the molecule is CC1CC2C(CN1)CC(C1CC(C(=O)NC(=O)NC3CC(C)ON3)CCC1C)C(=O)N2C. The van der Waals surface area contributed by atoms with Crippen molar-refractivity contribution in [3.05, 3.63) is 0 Å². The Bertz CT molecular complexity index is 733. The van der Waals surface area contributed by atoms with Crippen LogP contribution in [-0.4, -0.2) is 60.7 Å². The molecule has 1 saturated carbocycles. The maximum atomic E-state index is 13.3. The minimum absolute atomic E-state index is 0.0185. The Morgan fingerprint density at radius 1 is 1.09 bits per heavy atom. The van der Waals surface area contributed by atoms with Gasteiger partial charge in [-0.2, -0.15) is 5.48 Å². The second-order valence-corrected chi connectivity index (χ2v) is 10.6. The van der Waals surface area contributed by atoms with Gasteiger partial charge in [-0.15, -0.1) is 0 Å². The number of urea groups is 1. The molecule has 0 aromatic heterocycles. The molecule has 4 N–H and O–H groups in total. The minimum atomic E-state index is -0.501. The maximum Gasteiger partial charge on any atom is 0.322 e. The van der Waals surface area contributed by atoms with Gasteiger partial charge in [0.25, 0.3) is 0 Å². The zero-order chi connectivity index (χ0) is 23.0. The van der Waals surface area contributed by atoms with Crippen LogP contribution < -0.4 is 21.4 Å². The Balaban J connectivity index is 1.36. The van der Waals surface area contributed by atoms with E-state index in [9.17, 15) is 14.4 Å². The predicted molar refractivity (Wildman–Crippen MR) is 119 cm³/mol. The van der Waals surface area contributed by atoms with E-state index in [2.05, 4.69) is 35.3 Å². The molecule has 9 unspecified atom stereocenters. The Morgan fingerprint density at radius 3 is 2.59 bits per heavy atom. The van der Waals surface area contributed by atoms with E-state index in [1.54, 1.807) is 0 Å². The van der Waals surface area contributed by atoms with Gasteiger partial charge in [-0.1, -0.05) is 6.92 Å². The average Bonchev–Trinajstić information content (AvgIpc) is 3.15. The molecule has 0 bridgehead atoms. The number of rotatable bonds is 3. The highest BCUT2D eigenvalue weighted by atomic mass is 16.7. The number of piperidine rings is 2. The van der Waals surface area contributed by atoms with Crippen LogP contribution in [0.2, 0.25) is 0 Å². The van der Waals surface area contributed by atoms with Crippen LogP contribution in [0.25, 0.3) is 0 Å². The van der Waals surface area contributed by atoms with Crippen molar-refractivity contribution in [1.82, 2.24) is 26.3 Å². The predicted octanol–water partition coefficient (Wildman–Crippen LogP) is 1.35. The van der Waals surface area contributed by atoms with E-state index < -0.39 is 6.03 Å². The lowest BCUT2D eigenvalue weighted by atomic mass is 9.64. The first-order chi connectivity index (χ1) is 15.2. The van der Waals surface area contributed by atoms with E-state index >= 15 is 0 Å². The molecule has 180 valence electrons. The number of carbonyl (C=O) groups excluding carboxylic acids is 3. The Hall–Kier alpha value is -1.71. The summed E-state index contributed by atoms with van der Waals surface area (Å²) >= 11 is 0. The number of nitrogens with one attached hydrogen (secondary N) is 4. The summed E-state index contributed by atoms with van der Waals surface area (Å²) in [6.07, 6.45) is 4.57. The summed E-state index contributed by atoms with van der Waals surface area (Å²) in [6.45, 7) is 7.25. The first-order valence-electron chi connectivity index (χ1n) is 12.3. The first kappa shape index (κ1) is 23.4. The molecular weight excluding hydrogens is 410 g/mol. The molecule has 0 spiro atoms. The standard InChI is InChI=1S/C23H39N5O4/c1-12-5-6-15(21(29)26-23(31)25-20-8-14(3)32-27-20)9-17(12)18-10-16-11-24-13(2)7-19(16)28(4)22(18)30/h12-20,24,27H,5-11H2,1-4H3,(H2,25,26,29,31). The second-order valence-electron chi connectivity index (χ2n) is 10.6. The van der Waals surface area contributed by atoms with Gasteiger partial charge in [-0.05, 0) is 63.7 Å². The fraction of sp³-hybridized carbons (Fsp3) is 0.870. The topological polar surface area (TPSA) is 112 Å².